The number of nitrogens with two attached hydrogens (primary N) is 1. The second-order valence-electron chi connectivity index (χ2n) is 4.53. The lowest BCUT2D eigenvalue weighted by molar-refractivity contribution is 0.530. The van der Waals surface area contributed by atoms with Crippen LogP contribution in [0.5, 0.6) is 0 Å². The van der Waals surface area contributed by atoms with Crippen molar-refractivity contribution in [3.05, 3.63) is 18.0 Å². The fraction of sp³-hybridized carbons (Fsp3) is 0.727. The molecule has 0 aliphatic heterocycles. The molecule has 3 heteroatoms. The van der Waals surface area contributed by atoms with Gasteiger partial charge in [-0.15, -0.1) is 0 Å². The molecule has 0 spiro atoms. The summed E-state index contributed by atoms with van der Waals surface area (Å²) in [5.41, 5.74) is 7.12. The van der Waals surface area contributed by atoms with E-state index in [2.05, 4.69) is 25.1 Å². The number of aromatic nitrogens is 2. The summed E-state index contributed by atoms with van der Waals surface area (Å²) in [6, 6.07) is 0.446. The van der Waals surface area contributed by atoms with Gasteiger partial charge < -0.3 is 5.73 Å². The fourth-order valence-electron chi connectivity index (χ4n) is 1.93. The van der Waals surface area contributed by atoms with Crippen molar-refractivity contribution in [1.82, 2.24) is 9.78 Å². The standard InChI is InChI=1S/C11H19N3/c1-8(2)14-7-10(6-13-14)11(5-12)9-3-4-9/h6-9,11H,3-5,12H2,1-2H3. The predicted octanol–water partition coefficient (Wildman–Crippen LogP) is 1.92. The molecule has 0 radical (unpaired) electrons. The minimum absolute atomic E-state index is 0.446. The number of nitrogens with zero attached hydrogens (tertiary/aromatic N) is 2. The molecule has 1 atom stereocenters. The van der Waals surface area contributed by atoms with E-state index in [1.165, 1.54) is 18.4 Å². The van der Waals surface area contributed by atoms with Crippen LogP contribution in [0.1, 0.15) is 44.2 Å². The first-order valence-corrected chi connectivity index (χ1v) is 5.46. The van der Waals surface area contributed by atoms with Crippen molar-refractivity contribution in [2.75, 3.05) is 6.54 Å². The Balaban J connectivity index is 2.13. The average molecular weight is 193 g/mol. The van der Waals surface area contributed by atoms with Gasteiger partial charge in [0, 0.05) is 18.2 Å². The highest BCUT2D eigenvalue weighted by Gasteiger charge is 2.31. The molecule has 2 N–H and O–H groups in total. The maximum absolute atomic E-state index is 5.79. The second kappa shape index (κ2) is 3.73. The zero-order valence-corrected chi connectivity index (χ0v) is 8.98. The maximum atomic E-state index is 5.79. The van der Waals surface area contributed by atoms with Gasteiger partial charge in [0.1, 0.15) is 0 Å². The first-order chi connectivity index (χ1) is 6.72. The van der Waals surface area contributed by atoms with Crippen LogP contribution in [0.3, 0.4) is 0 Å². The van der Waals surface area contributed by atoms with Crippen molar-refractivity contribution in [1.29, 1.82) is 0 Å². The lowest BCUT2D eigenvalue weighted by atomic mass is 9.98. The Morgan fingerprint density at radius 1 is 1.57 bits per heavy atom. The summed E-state index contributed by atoms with van der Waals surface area (Å²) in [7, 11) is 0. The van der Waals surface area contributed by atoms with Gasteiger partial charge in [0.25, 0.3) is 0 Å². The summed E-state index contributed by atoms with van der Waals surface area (Å²) >= 11 is 0. The highest BCUT2D eigenvalue weighted by atomic mass is 15.3. The summed E-state index contributed by atoms with van der Waals surface area (Å²) in [5, 5.41) is 4.36. The van der Waals surface area contributed by atoms with Gasteiger partial charge in [-0.1, -0.05) is 0 Å². The van der Waals surface area contributed by atoms with Gasteiger partial charge in [0.05, 0.1) is 6.20 Å². The lowest BCUT2D eigenvalue weighted by Crippen LogP contribution is -2.13. The number of hydrogen-bond donors (Lipinski definition) is 1. The quantitative estimate of drug-likeness (QED) is 0.794. The van der Waals surface area contributed by atoms with Crippen LogP contribution in [0.2, 0.25) is 0 Å². The molecule has 0 bridgehead atoms. The summed E-state index contributed by atoms with van der Waals surface area (Å²) in [6.07, 6.45) is 6.82. The predicted molar refractivity (Wildman–Crippen MR) is 57.1 cm³/mol. The Kier molecular flexibility index (Phi) is 2.59. The molecule has 1 fully saturated rings. The molecule has 2 rings (SSSR count). The van der Waals surface area contributed by atoms with Gasteiger partial charge in [-0.05, 0) is 44.7 Å². The van der Waals surface area contributed by atoms with E-state index in [1.807, 2.05) is 10.9 Å². The molecule has 1 unspecified atom stereocenters. The largest absolute Gasteiger partial charge is 0.330 e. The summed E-state index contributed by atoms with van der Waals surface area (Å²) in [5.74, 6) is 1.37. The molecule has 0 saturated heterocycles. The molecule has 14 heavy (non-hydrogen) atoms. The van der Waals surface area contributed by atoms with E-state index in [0.717, 1.165) is 12.5 Å². The highest BCUT2D eigenvalue weighted by Crippen LogP contribution is 2.41. The molecule has 0 amide bonds. The van der Waals surface area contributed by atoms with Crippen LogP contribution in [0.25, 0.3) is 0 Å². The SMILES string of the molecule is CC(C)n1cc(C(CN)C2CC2)cn1. The van der Waals surface area contributed by atoms with Gasteiger partial charge in [0.15, 0.2) is 0 Å². The van der Waals surface area contributed by atoms with Crippen LogP contribution in [-0.4, -0.2) is 16.3 Å². The van der Waals surface area contributed by atoms with Gasteiger partial charge in [-0.2, -0.15) is 5.10 Å². The van der Waals surface area contributed by atoms with Crippen molar-refractivity contribution in [3.63, 3.8) is 0 Å². The van der Waals surface area contributed by atoms with E-state index >= 15 is 0 Å². The van der Waals surface area contributed by atoms with Crippen LogP contribution in [0.4, 0.5) is 0 Å². The second-order valence-corrected chi connectivity index (χ2v) is 4.53. The zero-order chi connectivity index (χ0) is 10.1. The van der Waals surface area contributed by atoms with Crippen molar-refractivity contribution < 1.29 is 0 Å². The highest BCUT2D eigenvalue weighted by molar-refractivity contribution is 5.15. The van der Waals surface area contributed by atoms with Crippen molar-refractivity contribution in [3.8, 4) is 0 Å². The van der Waals surface area contributed by atoms with Crippen LogP contribution in [-0.2, 0) is 0 Å². The van der Waals surface area contributed by atoms with Gasteiger partial charge >= 0.3 is 0 Å². The first kappa shape index (κ1) is 9.71. The smallest absolute Gasteiger partial charge is 0.0525 e. The van der Waals surface area contributed by atoms with E-state index in [0.29, 0.717) is 12.0 Å². The molecule has 1 aliphatic rings. The molecule has 0 aromatic carbocycles. The van der Waals surface area contributed by atoms with Crippen LogP contribution in [0.15, 0.2) is 12.4 Å². The fourth-order valence-corrected chi connectivity index (χ4v) is 1.93. The molecule has 1 saturated carbocycles. The van der Waals surface area contributed by atoms with Crippen molar-refractivity contribution >= 4 is 0 Å². The van der Waals surface area contributed by atoms with Crippen molar-refractivity contribution in [2.45, 2.75) is 38.6 Å². The van der Waals surface area contributed by atoms with E-state index < -0.39 is 0 Å². The Bertz CT molecular complexity index is 299. The zero-order valence-electron chi connectivity index (χ0n) is 8.98. The Morgan fingerprint density at radius 3 is 2.71 bits per heavy atom. The third-order valence-corrected chi connectivity index (χ3v) is 3.02. The number of rotatable bonds is 4. The summed E-state index contributed by atoms with van der Waals surface area (Å²) in [6.45, 7) is 5.05. The van der Waals surface area contributed by atoms with Crippen LogP contribution < -0.4 is 5.73 Å². The summed E-state index contributed by atoms with van der Waals surface area (Å²) < 4.78 is 2.01. The van der Waals surface area contributed by atoms with Crippen LogP contribution in [0, 0.1) is 5.92 Å². The minimum atomic E-state index is 0.446. The van der Waals surface area contributed by atoms with E-state index in [1.54, 1.807) is 0 Å². The molecular formula is C11H19N3. The Hall–Kier alpha value is -0.830. The minimum Gasteiger partial charge on any atom is -0.330 e. The first-order valence-electron chi connectivity index (χ1n) is 5.46. The molecule has 78 valence electrons. The normalized spacial score (nSPS) is 18.9. The summed E-state index contributed by atoms with van der Waals surface area (Å²) in [4.78, 5) is 0. The Labute approximate surface area is 85.3 Å². The topological polar surface area (TPSA) is 43.8 Å². The van der Waals surface area contributed by atoms with E-state index in [4.69, 9.17) is 5.73 Å². The van der Waals surface area contributed by atoms with Crippen molar-refractivity contribution in [2.24, 2.45) is 11.7 Å². The molecular weight excluding hydrogens is 174 g/mol. The molecule has 1 aromatic rings. The van der Waals surface area contributed by atoms with Crippen LogP contribution >= 0.6 is 0 Å². The average Bonchev–Trinajstić information content (AvgIpc) is 2.84. The third kappa shape index (κ3) is 1.82. The maximum Gasteiger partial charge on any atom is 0.0525 e. The molecule has 1 heterocycles. The van der Waals surface area contributed by atoms with E-state index in [9.17, 15) is 0 Å². The third-order valence-electron chi connectivity index (χ3n) is 3.02. The van der Waals surface area contributed by atoms with Gasteiger partial charge in [-0.3, -0.25) is 4.68 Å². The lowest BCUT2D eigenvalue weighted by Gasteiger charge is -2.10. The Morgan fingerprint density at radius 2 is 2.29 bits per heavy atom. The monoisotopic (exact) mass is 193 g/mol. The van der Waals surface area contributed by atoms with Gasteiger partial charge in [0.2, 0.25) is 0 Å². The van der Waals surface area contributed by atoms with E-state index in [-0.39, 0.29) is 0 Å². The molecule has 3 nitrogen and oxygen atoms in total. The number of hydrogen-bond acceptors (Lipinski definition) is 2. The van der Waals surface area contributed by atoms with Gasteiger partial charge in [-0.25, -0.2) is 0 Å². The molecule has 1 aliphatic carbocycles. The molecule has 1 aromatic heterocycles.